The second-order valence-electron chi connectivity index (χ2n) is 3.51. The number of hydrogen-bond donors (Lipinski definition) is 2. The summed E-state index contributed by atoms with van der Waals surface area (Å²) in [6.45, 7) is 1.63. The van der Waals surface area contributed by atoms with Crippen LogP contribution < -0.4 is 5.32 Å². The van der Waals surface area contributed by atoms with Crippen LogP contribution in [0.5, 0.6) is 0 Å². The summed E-state index contributed by atoms with van der Waals surface area (Å²) in [5.41, 5.74) is 0.000432. The van der Waals surface area contributed by atoms with Crippen LogP contribution in [0.4, 0.5) is 4.39 Å². The predicted molar refractivity (Wildman–Crippen MR) is 65.1 cm³/mol. The molecule has 0 bridgehead atoms. The zero-order valence-electron chi connectivity index (χ0n) is 9.14. The predicted octanol–water partition coefficient (Wildman–Crippen LogP) is 2.63. The van der Waals surface area contributed by atoms with Gasteiger partial charge in [0.25, 0.3) is 5.91 Å². The molecule has 0 saturated heterocycles. The molecule has 0 aliphatic carbocycles. The molecule has 0 aliphatic heterocycles. The highest BCUT2D eigenvalue weighted by molar-refractivity contribution is 6.36. The Labute approximate surface area is 109 Å². The maximum Gasteiger partial charge on any atom is 0.253 e. The van der Waals surface area contributed by atoms with Gasteiger partial charge >= 0.3 is 0 Å². The molecular formula is C11H12Cl2FNO2. The van der Waals surface area contributed by atoms with Gasteiger partial charge in [-0.05, 0) is 18.6 Å². The molecule has 1 unspecified atom stereocenters. The van der Waals surface area contributed by atoms with Crippen molar-refractivity contribution < 1.29 is 14.3 Å². The number of halogens is 3. The van der Waals surface area contributed by atoms with Crippen molar-refractivity contribution in [2.75, 3.05) is 6.61 Å². The fourth-order valence-electron chi connectivity index (χ4n) is 1.24. The number of nitrogens with one attached hydrogen (secondary N) is 1. The number of aliphatic hydroxyl groups is 1. The molecule has 1 amide bonds. The van der Waals surface area contributed by atoms with Gasteiger partial charge in [0.1, 0.15) is 5.82 Å². The van der Waals surface area contributed by atoms with Gasteiger partial charge in [-0.25, -0.2) is 4.39 Å². The lowest BCUT2D eigenvalue weighted by atomic mass is 10.1. The van der Waals surface area contributed by atoms with Gasteiger partial charge in [0.2, 0.25) is 0 Å². The summed E-state index contributed by atoms with van der Waals surface area (Å²) in [7, 11) is 0. The number of aliphatic hydroxyl groups excluding tert-OH is 1. The second kappa shape index (κ2) is 6.19. The third-order valence-electron chi connectivity index (χ3n) is 2.30. The largest absolute Gasteiger partial charge is 0.394 e. The minimum atomic E-state index is -0.710. The Morgan fingerprint density at radius 2 is 2.12 bits per heavy atom. The third kappa shape index (κ3) is 3.56. The van der Waals surface area contributed by atoms with E-state index < -0.39 is 11.7 Å². The van der Waals surface area contributed by atoms with Crippen LogP contribution in [0.2, 0.25) is 10.0 Å². The Morgan fingerprint density at radius 3 is 2.65 bits per heavy atom. The van der Waals surface area contributed by atoms with Crippen molar-refractivity contribution in [1.29, 1.82) is 0 Å². The van der Waals surface area contributed by atoms with E-state index in [9.17, 15) is 9.18 Å². The van der Waals surface area contributed by atoms with Gasteiger partial charge in [-0.2, -0.15) is 0 Å². The highest BCUT2D eigenvalue weighted by Crippen LogP contribution is 2.24. The van der Waals surface area contributed by atoms with E-state index >= 15 is 0 Å². The van der Waals surface area contributed by atoms with E-state index in [0.29, 0.717) is 6.42 Å². The smallest absolute Gasteiger partial charge is 0.253 e. The Morgan fingerprint density at radius 1 is 1.47 bits per heavy atom. The van der Waals surface area contributed by atoms with Gasteiger partial charge in [-0.3, -0.25) is 4.79 Å². The topological polar surface area (TPSA) is 49.3 Å². The van der Waals surface area contributed by atoms with Crippen molar-refractivity contribution in [3.63, 3.8) is 0 Å². The van der Waals surface area contributed by atoms with Crippen molar-refractivity contribution in [3.8, 4) is 0 Å². The average Bonchev–Trinajstić information content (AvgIpc) is 2.30. The van der Waals surface area contributed by atoms with Gasteiger partial charge < -0.3 is 10.4 Å². The molecule has 0 fully saturated rings. The summed E-state index contributed by atoms with van der Waals surface area (Å²) in [4.78, 5) is 11.7. The van der Waals surface area contributed by atoms with Gasteiger partial charge in [-0.15, -0.1) is 0 Å². The fourth-order valence-corrected chi connectivity index (χ4v) is 1.71. The summed E-state index contributed by atoms with van der Waals surface area (Å²) >= 11 is 11.3. The first-order valence-electron chi connectivity index (χ1n) is 5.05. The second-order valence-corrected chi connectivity index (χ2v) is 4.32. The quantitative estimate of drug-likeness (QED) is 0.833. The first-order valence-corrected chi connectivity index (χ1v) is 5.81. The number of amides is 1. The summed E-state index contributed by atoms with van der Waals surface area (Å²) < 4.78 is 13.2. The van der Waals surface area contributed by atoms with Crippen molar-refractivity contribution in [3.05, 3.63) is 33.6 Å². The summed E-state index contributed by atoms with van der Waals surface area (Å²) in [5, 5.41) is 11.4. The summed E-state index contributed by atoms with van der Waals surface area (Å²) in [6.07, 6.45) is 0.565. The molecule has 3 nitrogen and oxygen atoms in total. The number of hydrogen-bond acceptors (Lipinski definition) is 2. The number of carbonyl (C=O) groups excluding carboxylic acids is 1. The third-order valence-corrected chi connectivity index (χ3v) is 2.91. The van der Waals surface area contributed by atoms with Gasteiger partial charge in [0.05, 0.1) is 28.3 Å². The molecule has 0 saturated carbocycles. The van der Waals surface area contributed by atoms with E-state index in [1.54, 1.807) is 0 Å². The molecule has 1 atom stereocenters. The lowest BCUT2D eigenvalue weighted by Crippen LogP contribution is -2.37. The van der Waals surface area contributed by atoms with Crippen molar-refractivity contribution in [2.24, 2.45) is 0 Å². The van der Waals surface area contributed by atoms with Crippen LogP contribution >= 0.6 is 23.2 Å². The monoisotopic (exact) mass is 279 g/mol. The molecule has 2 N–H and O–H groups in total. The molecule has 17 heavy (non-hydrogen) atoms. The Bertz CT molecular complexity index is 422. The molecule has 0 spiro atoms. The molecule has 1 aromatic carbocycles. The number of benzene rings is 1. The first-order chi connectivity index (χ1) is 7.99. The molecule has 94 valence electrons. The normalized spacial score (nSPS) is 12.3. The van der Waals surface area contributed by atoms with E-state index in [2.05, 4.69) is 5.32 Å². The highest BCUT2D eigenvalue weighted by atomic mass is 35.5. The molecule has 0 radical (unpaired) electrons. The van der Waals surface area contributed by atoms with E-state index in [1.165, 1.54) is 6.07 Å². The lowest BCUT2D eigenvalue weighted by Gasteiger charge is -2.14. The van der Waals surface area contributed by atoms with Crippen molar-refractivity contribution >= 4 is 29.1 Å². The minimum Gasteiger partial charge on any atom is -0.394 e. The molecule has 6 heteroatoms. The Kier molecular flexibility index (Phi) is 5.18. The maximum absolute atomic E-state index is 13.2. The number of rotatable bonds is 4. The van der Waals surface area contributed by atoms with Crippen LogP contribution in [0.15, 0.2) is 12.1 Å². The molecule has 1 aromatic rings. The van der Waals surface area contributed by atoms with E-state index in [1.807, 2.05) is 6.92 Å². The molecule has 1 rings (SSSR count). The van der Waals surface area contributed by atoms with Crippen LogP contribution in [-0.4, -0.2) is 23.7 Å². The van der Waals surface area contributed by atoms with Gasteiger partial charge in [0, 0.05) is 0 Å². The summed E-state index contributed by atoms with van der Waals surface area (Å²) in [6, 6.07) is 1.77. The van der Waals surface area contributed by atoms with E-state index in [-0.39, 0.29) is 28.3 Å². The van der Waals surface area contributed by atoms with Crippen LogP contribution in [0.3, 0.4) is 0 Å². The highest BCUT2D eigenvalue weighted by Gasteiger charge is 2.16. The zero-order chi connectivity index (χ0) is 13.0. The fraction of sp³-hybridized carbons (Fsp3) is 0.364. The SMILES string of the molecule is CCC(CO)NC(=O)c1cc(F)c(Cl)cc1Cl. The van der Waals surface area contributed by atoms with Crippen LogP contribution in [-0.2, 0) is 0 Å². The van der Waals surface area contributed by atoms with Crippen LogP contribution in [0.1, 0.15) is 23.7 Å². The van der Waals surface area contributed by atoms with Crippen molar-refractivity contribution in [2.45, 2.75) is 19.4 Å². The standard InChI is InChI=1S/C11H12Cl2FNO2/c1-2-6(5-16)15-11(17)7-3-10(14)9(13)4-8(7)12/h3-4,6,16H,2,5H2,1H3,(H,15,17). The van der Waals surface area contributed by atoms with Crippen LogP contribution in [0, 0.1) is 5.82 Å². The zero-order valence-corrected chi connectivity index (χ0v) is 10.6. The lowest BCUT2D eigenvalue weighted by molar-refractivity contribution is 0.0914. The maximum atomic E-state index is 13.2. The van der Waals surface area contributed by atoms with E-state index in [4.69, 9.17) is 28.3 Å². The average molecular weight is 280 g/mol. The van der Waals surface area contributed by atoms with Crippen molar-refractivity contribution in [1.82, 2.24) is 5.32 Å². The Balaban J connectivity index is 2.93. The van der Waals surface area contributed by atoms with Gasteiger partial charge in [-0.1, -0.05) is 30.1 Å². The van der Waals surface area contributed by atoms with E-state index in [0.717, 1.165) is 6.07 Å². The first kappa shape index (κ1) is 14.2. The Hall–Kier alpha value is -0.840. The number of carbonyl (C=O) groups is 1. The molecule has 0 heterocycles. The van der Waals surface area contributed by atoms with Gasteiger partial charge in [0.15, 0.2) is 0 Å². The minimum absolute atomic E-state index is 0.000432. The molecular weight excluding hydrogens is 268 g/mol. The summed E-state index contributed by atoms with van der Waals surface area (Å²) in [5.74, 6) is -1.25. The molecule has 0 aliphatic rings. The van der Waals surface area contributed by atoms with Crippen LogP contribution in [0.25, 0.3) is 0 Å². The molecule has 0 aromatic heterocycles.